The molecule has 0 bridgehead atoms. The number of para-hydroxylation sites is 1. The van der Waals surface area contributed by atoms with Crippen LogP contribution in [0.1, 0.15) is 10.4 Å². The molecule has 1 N–H and O–H groups in total. The Labute approximate surface area is 111 Å². The summed E-state index contributed by atoms with van der Waals surface area (Å²) in [6.07, 6.45) is 0. The lowest BCUT2D eigenvalue weighted by atomic mass is 10.1. The van der Waals surface area contributed by atoms with Gasteiger partial charge in [0.1, 0.15) is 0 Å². The van der Waals surface area contributed by atoms with Gasteiger partial charge in [0.2, 0.25) is 0 Å². The first-order chi connectivity index (χ1) is 9.15. The van der Waals surface area contributed by atoms with Gasteiger partial charge in [-0.05, 0) is 12.1 Å². The summed E-state index contributed by atoms with van der Waals surface area (Å²) in [5.74, 6) is 0.0700. The quantitative estimate of drug-likeness (QED) is 0.800. The summed E-state index contributed by atoms with van der Waals surface area (Å²) < 4.78 is 10.3. The second-order valence-corrected chi connectivity index (χ2v) is 4.14. The first-order valence-electron chi connectivity index (χ1n) is 5.94. The zero-order chi connectivity index (χ0) is 13.8. The number of ether oxygens (including phenoxy) is 2. The number of likely N-dealkylation sites (N-methyl/N-ethyl adjacent to an activating group) is 1. The molecule has 0 unspecified atom stereocenters. The Balaban J connectivity index is 2.23. The molecule has 2 amide bonds. The maximum Gasteiger partial charge on any atom is 0.264 e. The fourth-order valence-electron chi connectivity index (χ4n) is 1.85. The lowest BCUT2D eigenvalue weighted by Crippen LogP contribution is -2.37. The van der Waals surface area contributed by atoms with Crippen molar-refractivity contribution in [3.63, 3.8) is 0 Å². The number of fused-ring (bicyclic) bond motifs is 1. The number of benzene rings is 1. The van der Waals surface area contributed by atoms with E-state index in [2.05, 4.69) is 5.32 Å². The normalized spacial score (nSPS) is 13.8. The van der Waals surface area contributed by atoms with Crippen molar-refractivity contribution in [2.45, 2.75) is 0 Å². The number of rotatable bonds is 4. The number of nitrogens with zero attached hydrogens (tertiary/aromatic N) is 1. The van der Waals surface area contributed by atoms with E-state index in [4.69, 9.17) is 9.47 Å². The Morgan fingerprint density at radius 1 is 1.53 bits per heavy atom. The van der Waals surface area contributed by atoms with Crippen molar-refractivity contribution in [3.8, 4) is 5.75 Å². The van der Waals surface area contributed by atoms with Crippen molar-refractivity contribution < 1.29 is 19.1 Å². The van der Waals surface area contributed by atoms with Crippen LogP contribution in [-0.4, -0.2) is 45.7 Å². The van der Waals surface area contributed by atoms with Crippen LogP contribution < -0.4 is 15.0 Å². The summed E-state index contributed by atoms with van der Waals surface area (Å²) >= 11 is 0. The Hall–Kier alpha value is -2.08. The van der Waals surface area contributed by atoms with Crippen LogP contribution in [0.4, 0.5) is 5.69 Å². The molecule has 1 heterocycles. The zero-order valence-electron chi connectivity index (χ0n) is 10.9. The zero-order valence-corrected chi connectivity index (χ0v) is 10.9. The van der Waals surface area contributed by atoms with Crippen LogP contribution in [0.15, 0.2) is 18.2 Å². The molecule has 0 aliphatic carbocycles. The maximum atomic E-state index is 12.0. The van der Waals surface area contributed by atoms with Gasteiger partial charge < -0.3 is 19.7 Å². The van der Waals surface area contributed by atoms with Crippen LogP contribution in [0, 0.1) is 0 Å². The predicted octanol–water partition coefficient (Wildman–Crippen LogP) is 0.418. The molecular weight excluding hydrogens is 248 g/mol. The van der Waals surface area contributed by atoms with Crippen molar-refractivity contribution in [1.82, 2.24) is 5.32 Å². The highest BCUT2D eigenvalue weighted by atomic mass is 16.5. The lowest BCUT2D eigenvalue weighted by Gasteiger charge is -2.27. The Kier molecular flexibility index (Phi) is 4.01. The molecule has 1 aromatic carbocycles. The number of nitrogens with one attached hydrogen (secondary N) is 1. The third-order valence-electron chi connectivity index (χ3n) is 2.91. The summed E-state index contributed by atoms with van der Waals surface area (Å²) in [5.41, 5.74) is 1.03. The molecule has 0 atom stereocenters. The van der Waals surface area contributed by atoms with Gasteiger partial charge in [-0.2, -0.15) is 0 Å². The smallest absolute Gasteiger partial charge is 0.264 e. The molecule has 2 rings (SSSR count). The molecule has 0 saturated carbocycles. The average Bonchev–Trinajstić information content (AvgIpc) is 2.42. The predicted molar refractivity (Wildman–Crippen MR) is 69.6 cm³/mol. The second kappa shape index (κ2) is 5.71. The summed E-state index contributed by atoms with van der Waals surface area (Å²) in [5, 5.41) is 2.73. The van der Waals surface area contributed by atoms with Crippen molar-refractivity contribution in [3.05, 3.63) is 23.8 Å². The fourth-order valence-corrected chi connectivity index (χ4v) is 1.85. The molecule has 0 radical (unpaired) electrons. The second-order valence-electron chi connectivity index (χ2n) is 4.14. The molecule has 6 nitrogen and oxygen atoms in total. The third kappa shape index (κ3) is 2.68. The van der Waals surface area contributed by atoms with E-state index in [1.165, 1.54) is 4.90 Å². The number of hydrogen-bond donors (Lipinski definition) is 1. The van der Waals surface area contributed by atoms with Crippen LogP contribution in [0.3, 0.4) is 0 Å². The number of amides is 2. The van der Waals surface area contributed by atoms with Gasteiger partial charge in [0, 0.05) is 20.7 Å². The van der Waals surface area contributed by atoms with E-state index in [0.29, 0.717) is 30.2 Å². The number of carbonyl (C=O) groups is 2. The first-order valence-corrected chi connectivity index (χ1v) is 5.94. The van der Waals surface area contributed by atoms with Gasteiger partial charge in [0.15, 0.2) is 12.4 Å². The van der Waals surface area contributed by atoms with E-state index >= 15 is 0 Å². The van der Waals surface area contributed by atoms with Crippen molar-refractivity contribution in [1.29, 1.82) is 0 Å². The van der Waals surface area contributed by atoms with E-state index < -0.39 is 0 Å². The van der Waals surface area contributed by atoms with Gasteiger partial charge >= 0.3 is 0 Å². The molecule has 0 saturated heterocycles. The summed E-state index contributed by atoms with van der Waals surface area (Å²) in [7, 11) is 3.23. The first kappa shape index (κ1) is 13.4. The van der Waals surface area contributed by atoms with Gasteiger partial charge in [-0.1, -0.05) is 6.07 Å². The van der Waals surface area contributed by atoms with Gasteiger partial charge in [0.25, 0.3) is 11.8 Å². The van der Waals surface area contributed by atoms with Crippen molar-refractivity contribution >= 4 is 17.5 Å². The molecular formula is C13H16N2O4. The Bertz CT molecular complexity index is 501. The molecule has 1 aliphatic heterocycles. The van der Waals surface area contributed by atoms with Crippen LogP contribution >= 0.6 is 0 Å². The fraction of sp³-hybridized carbons (Fsp3) is 0.385. The average molecular weight is 264 g/mol. The molecule has 6 heteroatoms. The van der Waals surface area contributed by atoms with E-state index in [1.807, 2.05) is 0 Å². The van der Waals surface area contributed by atoms with Gasteiger partial charge in [-0.25, -0.2) is 0 Å². The molecule has 0 aromatic heterocycles. The monoisotopic (exact) mass is 264 g/mol. The van der Waals surface area contributed by atoms with Crippen molar-refractivity contribution in [2.24, 2.45) is 0 Å². The number of carbonyl (C=O) groups excluding carboxylic acids is 2. The van der Waals surface area contributed by atoms with Crippen LogP contribution in [0.5, 0.6) is 5.75 Å². The third-order valence-corrected chi connectivity index (χ3v) is 2.91. The van der Waals surface area contributed by atoms with E-state index in [-0.39, 0.29) is 18.4 Å². The number of methoxy groups -OCH3 is 1. The minimum absolute atomic E-state index is 0.0497. The summed E-state index contributed by atoms with van der Waals surface area (Å²) in [6.45, 7) is 0.819. The van der Waals surface area contributed by atoms with Crippen LogP contribution in [-0.2, 0) is 9.53 Å². The maximum absolute atomic E-state index is 12.0. The van der Waals surface area contributed by atoms with Gasteiger partial charge in [-0.3, -0.25) is 9.59 Å². The largest absolute Gasteiger partial charge is 0.481 e. The summed E-state index contributed by atoms with van der Waals surface area (Å²) in [6, 6.07) is 5.14. The lowest BCUT2D eigenvalue weighted by molar-refractivity contribution is -0.121. The van der Waals surface area contributed by atoms with E-state index in [0.717, 1.165) is 0 Å². The SMILES string of the molecule is COCCNC(=O)c1cccc2c1OCC(=O)N2C. The highest BCUT2D eigenvalue weighted by molar-refractivity contribution is 6.03. The number of hydrogen-bond acceptors (Lipinski definition) is 4. The topological polar surface area (TPSA) is 67.9 Å². The number of anilines is 1. The molecule has 0 fully saturated rings. The highest BCUT2D eigenvalue weighted by Gasteiger charge is 2.26. The standard InChI is InChI=1S/C13H16N2O4/c1-15-10-5-3-4-9(12(10)19-8-11(15)16)13(17)14-6-7-18-2/h3-5H,6-8H2,1-2H3,(H,14,17). The van der Waals surface area contributed by atoms with Crippen LogP contribution in [0.25, 0.3) is 0 Å². The Morgan fingerprint density at radius 2 is 2.32 bits per heavy atom. The van der Waals surface area contributed by atoms with Gasteiger partial charge in [0.05, 0.1) is 17.9 Å². The molecule has 102 valence electrons. The van der Waals surface area contributed by atoms with E-state index in [1.54, 1.807) is 32.4 Å². The molecule has 1 aromatic rings. The van der Waals surface area contributed by atoms with E-state index in [9.17, 15) is 9.59 Å². The minimum Gasteiger partial charge on any atom is -0.481 e. The van der Waals surface area contributed by atoms with Crippen molar-refractivity contribution in [2.75, 3.05) is 38.8 Å². The van der Waals surface area contributed by atoms with Crippen LogP contribution in [0.2, 0.25) is 0 Å². The molecule has 19 heavy (non-hydrogen) atoms. The summed E-state index contributed by atoms with van der Waals surface area (Å²) in [4.78, 5) is 25.1. The minimum atomic E-state index is -0.239. The highest BCUT2D eigenvalue weighted by Crippen LogP contribution is 2.34. The molecule has 1 aliphatic rings. The van der Waals surface area contributed by atoms with Gasteiger partial charge in [-0.15, -0.1) is 0 Å². The Morgan fingerprint density at radius 3 is 3.05 bits per heavy atom. The molecule has 0 spiro atoms.